The van der Waals surface area contributed by atoms with Crippen molar-refractivity contribution in [1.29, 1.82) is 0 Å². The summed E-state index contributed by atoms with van der Waals surface area (Å²) >= 11 is 0. The lowest BCUT2D eigenvalue weighted by molar-refractivity contribution is -0.134. The van der Waals surface area contributed by atoms with Crippen LogP contribution in [0.25, 0.3) is 0 Å². The molecule has 3 aliphatic heterocycles. The molecule has 0 bridgehead atoms. The van der Waals surface area contributed by atoms with E-state index in [0.717, 1.165) is 82.1 Å². The number of anilines is 1. The van der Waals surface area contributed by atoms with E-state index in [-0.39, 0.29) is 17.2 Å². The molecule has 1 spiro atoms. The number of carbonyl (C=O) groups excluding carboxylic acids is 2. The molecule has 0 atom stereocenters. The standard InChI is InChI=1S/C34H47N5O3/c1-27(24-33(2,3)4)37-16-13-34(14-17-37)32(41)38(26-39(34)30-11-6-5-7-12-30)25-28-9-8-10-29(23-28)31(40)35-15-18-36-19-21-42-22-20-36/h5-12,23H,1,13-22,24-26H2,2-4H3,(H,35,40). The molecule has 2 aromatic rings. The number of hydrogen-bond donors (Lipinski definition) is 1. The molecule has 42 heavy (non-hydrogen) atoms. The summed E-state index contributed by atoms with van der Waals surface area (Å²) in [6.07, 6.45) is 2.46. The number of amides is 2. The van der Waals surface area contributed by atoms with Crippen LogP contribution in [0, 0.1) is 5.41 Å². The lowest BCUT2D eigenvalue weighted by Crippen LogP contribution is -2.56. The van der Waals surface area contributed by atoms with Gasteiger partial charge in [-0.1, -0.05) is 57.7 Å². The maximum atomic E-state index is 14.2. The molecule has 3 heterocycles. The number of carbonyl (C=O) groups is 2. The summed E-state index contributed by atoms with van der Waals surface area (Å²) in [7, 11) is 0. The summed E-state index contributed by atoms with van der Waals surface area (Å²) < 4.78 is 5.40. The first-order chi connectivity index (χ1) is 20.1. The first kappa shape index (κ1) is 30.1. The second-order valence-electron chi connectivity index (χ2n) is 13.1. The van der Waals surface area contributed by atoms with Crippen molar-refractivity contribution in [3.8, 4) is 0 Å². The molecule has 0 aliphatic carbocycles. The Hall–Kier alpha value is -3.36. The summed E-state index contributed by atoms with van der Waals surface area (Å²) in [4.78, 5) is 36.1. The van der Waals surface area contributed by atoms with Crippen LogP contribution in [0.1, 0.15) is 56.0 Å². The Morgan fingerprint density at radius 2 is 1.71 bits per heavy atom. The minimum Gasteiger partial charge on any atom is -0.379 e. The van der Waals surface area contributed by atoms with Crippen molar-refractivity contribution in [1.82, 2.24) is 20.0 Å². The molecule has 5 rings (SSSR count). The number of benzene rings is 2. The zero-order valence-corrected chi connectivity index (χ0v) is 25.6. The van der Waals surface area contributed by atoms with Crippen molar-refractivity contribution < 1.29 is 14.3 Å². The molecule has 3 aliphatic rings. The fourth-order valence-electron chi connectivity index (χ4n) is 6.52. The average molecular weight is 574 g/mol. The summed E-state index contributed by atoms with van der Waals surface area (Å²) in [6, 6.07) is 18.0. The van der Waals surface area contributed by atoms with E-state index < -0.39 is 5.54 Å². The molecule has 0 aromatic heterocycles. The maximum Gasteiger partial charge on any atom is 0.251 e. The highest BCUT2D eigenvalue weighted by atomic mass is 16.5. The van der Waals surface area contributed by atoms with Crippen LogP contribution >= 0.6 is 0 Å². The van der Waals surface area contributed by atoms with E-state index in [1.54, 1.807) is 0 Å². The number of nitrogens with zero attached hydrogens (tertiary/aromatic N) is 4. The number of para-hydroxylation sites is 1. The predicted octanol–water partition coefficient (Wildman–Crippen LogP) is 4.34. The van der Waals surface area contributed by atoms with Gasteiger partial charge in [0.15, 0.2) is 0 Å². The number of ether oxygens (including phenoxy) is 1. The van der Waals surface area contributed by atoms with Crippen LogP contribution in [-0.4, -0.2) is 91.2 Å². The Balaban J connectivity index is 1.26. The molecule has 3 fully saturated rings. The van der Waals surface area contributed by atoms with Gasteiger partial charge in [0, 0.05) is 62.8 Å². The Labute approximate surface area is 251 Å². The average Bonchev–Trinajstić information content (AvgIpc) is 3.24. The third-order valence-electron chi connectivity index (χ3n) is 8.73. The first-order valence-electron chi connectivity index (χ1n) is 15.4. The number of nitrogens with one attached hydrogen (secondary N) is 1. The van der Waals surface area contributed by atoms with Gasteiger partial charge in [-0.05, 0) is 54.5 Å². The predicted molar refractivity (Wildman–Crippen MR) is 167 cm³/mol. The van der Waals surface area contributed by atoms with Crippen LogP contribution in [0.2, 0.25) is 0 Å². The molecule has 8 nitrogen and oxygen atoms in total. The van der Waals surface area contributed by atoms with Crippen LogP contribution in [0.4, 0.5) is 5.69 Å². The van der Waals surface area contributed by atoms with Gasteiger partial charge in [0.2, 0.25) is 5.91 Å². The number of rotatable bonds is 9. The highest BCUT2D eigenvalue weighted by Gasteiger charge is 2.53. The van der Waals surface area contributed by atoms with Gasteiger partial charge in [0.25, 0.3) is 5.91 Å². The summed E-state index contributed by atoms with van der Waals surface area (Å²) in [5.41, 5.74) is 3.42. The fourth-order valence-corrected chi connectivity index (χ4v) is 6.52. The summed E-state index contributed by atoms with van der Waals surface area (Å²) in [5.74, 6) is 0.0934. The zero-order chi connectivity index (χ0) is 29.7. The second kappa shape index (κ2) is 12.9. The van der Waals surface area contributed by atoms with E-state index in [1.807, 2.05) is 47.4 Å². The van der Waals surface area contributed by atoms with Crippen LogP contribution in [0.15, 0.2) is 66.9 Å². The Morgan fingerprint density at radius 1 is 1.00 bits per heavy atom. The lowest BCUT2D eigenvalue weighted by Gasteiger charge is -2.45. The third-order valence-corrected chi connectivity index (χ3v) is 8.73. The van der Waals surface area contributed by atoms with Crippen molar-refractivity contribution in [2.24, 2.45) is 5.41 Å². The molecule has 226 valence electrons. The Bertz CT molecular complexity index is 1240. The summed E-state index contributed by atoms with van der Waals surface area (Å²) in [6.45, 7) is 18.5. The molecular formula is C34H47N5O3. The van der Waals surface area contributed by atoms with Crippen molar-refractivity contribution in [2.75, 3.05) is 64.1 Å². The van der Waals surface area contributed by atoms with E-state index in [0.29, 0.717) is 25.3 Å². The molecule has 2 amide bonds. The smallest absolute Gasteiger partial charge is 0.251 e. The molecule has 8 heteroatoms. The molecule has 1 N–H and O–H groups in total. The molecule has 3 saturated heterocycles. The molecule has 0 saturated carbocycles. The van der Waals surface area contributed by atoms with E-state index >= 15 is 0 Å². The van der Waals surface area contributed by atoms with Crippen molar-refractivity contribution in [2.45, 2.75) is 52.1 Å². The van der Waals surface area contributed by atoms with Gasteiger partial charge < -0.3 is 24.8 Å². The van der Waals surface area contributed by atoms with Crippen molar-refractivity contribution >= 4 is 17.5 Å². The van der Waals surface area contributed by atoms with Gasteiger partial charge in [-0.3, -0.25) is 14.5 Å². The van der Waals surface area contributed by atoms with Crippen LogP contribution in [0.5, 0.6) is 0 Å². The Morgan fingerprint density at radius 3 is 2.40 bits per heavy atom. The normalized spacial score (nSPS) is 19.4. The van der Waals surface area contributed by atoms with Crippen molar-refractivity contribution in [3.63, 3.8) is 0 Å². The lowest BCUT2D eigenvalue weighted by atomic mass is 9.84. The molecular weight excluding hydrogens is 526 g/mol. The van der Waals surface area contributed by atoms with Crippen LogP contribution < -0.4 is 10.2 Å². The largest absolute Gasteiger partial charge is 0.379 e. The molecule has 2 aromatic carbocycles. The monoisotopic (exact) mass is 573 g/mol. The van der Waals surface area contributed by atoms with Gasteiger partial charge in [0.05, 0.1) is 19.9 Å². The SMILES string of the molecule is C=C(CC(C)(C)C)N1CCC2(CC1)C(=O)N(Cc1cccc(C(=O)NCCN3CCOCC3)c1)CN2c1ccccc1. The number of allylic oxidation sites excluding steroid dienone is 1. The van der Waals surface area contributed by atoms with Gasteiger partial charge in [-0.15, -0.1) is 0 Å². The van der Waals surface area contributed by atoms with E-state index in [2.05, 4.69) is 59.5 Å². The minimum atomic E-state index is -0.575. The van der Waals surface area contributed by atoms with Gasteiger partial charge in [0.1, 0.15) is 5.54 Å². The topological polar surface area (TPSA) is 68.4 Å². The number of piperidine rings is 1. The Kier molecular flexibility index (Phi) is 9.23. The second-order valence-corrected chi connectivity index (χ2v) is 13.1. The highest BCUT2D eigenvalue weighted by molar-refractivity contribution is 5.95. The van der Waals surface area contributed by atoms with Gasteiger partial charge >= 0.3 is 0 Å². The first-order valence-corrected chi connectivity index (χ1v) is 15.4. The van der Waals surface area contributed by atoms with Crippen LogP contribution in [0.3, 0.4) is 0 Å². The van der Waals surface area contributed by atoms with E-state index in [9.17, 15) is 9.59 Å². The molecule has 0 radical (unpaired) electrons. The number of likely N-dealkylation sites (tertiary alicyclic amines) is 1. The fraction of sp³-hybridized carbons (Fsp3) is 0.529. The minimum absolute atomic E-state index is 0.0805. The maximum absolute atomic E-state index is 14.2. The zero-order valence-electron chi connectivity index (χ0n) is 25.6. The molecule has 0 unspecified atom stereocenters. The number of hydrogen-bond acceptors (Lipinski definition) is 6. The van der Waals surface area contributed by atoms with Crippen LogP contribution in [-0.2, 0) is 16.1 Å². The van der Waals surface area contributed by atoms with Gasteiger partial charge in [-0.2, -0.15) is 0 Å². The summed E-state index contributed by atoms with van der Waals surface area (Å²) in [5, 5.41) is 3.06. The van der Waals surface area contributed by atoms with E-state index in [4.69, 9.17) is 4.74 Å². The van der Waals surface area contributed by atoms with E-state index in [1.165, 1.54) is 0 Å². The highest BCUT2D eigenvalue weighted by Crippen LogP contribution is 2.41. The van der Waals surface area contributed by atoms with Gasteiger partial charge in [-0.25, -0.2) is 0 Å². The quantitative estimate of drug-likeness (QED) is 0.482. The third kappa shape index (κ3) is 6.98. The number of morpholine rings is 1. The van der Waals surface area contributed by atoms with Crippen molar-refractivity contribution in [3.05, 3.63) is 78.0 Å².